The Morgan fingerprint density at radius 3 is 2.29 bits per heavy atom. The van der Waals surface area contributed by atoms with Crippen molar-refractivity contribution in [3.05, 3.63) is 0 Å². The third-order valence-electron chi connectivity index (χ3n) is 5.09. The van der Waals surface area contributed by atoms with Gasteiger partial charge in [0.15, 0.2) is 0 Å². The van der Waals surface area contributed by atoms with Gasteiger partial charge in [-0.05, 0) is 62.7 Å². The molecule has 0 radical (unpaired) electrons. The molecule has 0 heterocycles. The van der Waals surface area contributed by atoms with Crippen LogP contribution < -0.4 is 11.1 Å². The molecule has 3 aliphatic carbocycles. The lowest BCUT2D eigenvalue weighted by atomic mass is 9.86. The van der Waals surface area contributed by atoms with Crippen LogP contribution in [0.4, 0.5) is 0 Å². The molecule has 96 valence electrons. The van der Waals surface area contributed by atoms with Gasteiger partial charge in [-0.1, -0.05) is 0 Å². The van der Waals surface area contributed by atoms with Gasteiger partial charge in [-0.15, -0.1) is 0 Å². The molecule has 0 aromatic rings. The molecule has 17 heavy (non-hydrogen) atoms. The van der Waals surface area contributed by atoms with Crippen molar-refractivity contribution in [3.8, 4) is 0 Å². The van der Waals surface area contributed by atoms with Crippen LogP contribution in [0.3, 0.4) is 0 Å². The van der Waals surface area contributed by atoms with Crippen molar-refractivity contribution >= 4 is 5.91 Å². The number of hydrogen-bond donors (Lipinski definition) is 2. The van der Waals surface area contributed by atoms with E-state index in [0.29, 0.717) is 17.4 Å². The van der Waals surface area contributed by atoms with Gasteiger partial charge in [0.05, 0.1) is 0 Å². The van der Waals surface area contributed by atoms with E-state index in [1.54, 1.807) is 0 Å². The summed E-state index contributed by atoms with van der Waals surface area (Å²) in [5, 5.41) is 3.21. The fourth-order valence-electron chi connectivity index (χ4n) is 3.37. The summed E-state index contributed by atoms with van der Waals surface area (Å²) in [5.74, 6) is 1.47. The molecule has 3 heteroatoms. The zero-order chi connectivity index (χ0) is 11.9. The van der Waals surface area contributed by atoms with Gasteiger partial charge in [0, 0.05) is 18.5 Å². The fraction of sp³-hybridized carbons (Fsp3) is 0.929. The molecule has 3 saturated carbocycles. The number of amides is 1. The second kappa shape index (κ2) is 4.27. The lowest BCUT2D eigenvalue weighted by Gasteiger charge is -2.26. The predicted octanol–water partition coefficient (Wildman–Crippen LogP) is 1.81. The van der Waals surface area contributed by atoms with Gasteiger partial charge in [0.25, 0.3) is 0 Å². The van der Waals surface area contributed by atoms with E-state index in [1.165, 1.54) is 25.7 Å². The quantitative estimate of drug-likeness (QED) is 0.782. The largest absolute Gasteiger partial charge is 0.355 e. The first-order valence-electron chi connectivity index (χ1n) is 7.23. The first kappa shape index (κ1) is 11.5. The summed E-state index contributed by atoms with van der Waals surface area (Å²) in [6.07, 6.45) is 9.49. The van der Waals surface area contributed by atoms with Gasteiger partial charge in [-0.25, -0.2) is 0 Å². The van der Waals surface area contributed by atoms with Gasteiger partial charge in [0.1, 0.15) is 0 Å². The monoisotopic (exact) mass is 236 g/mol. The van der Waals surface area contributed by atoms with Gasteiger partial charge in [-0.2, -0.15) is 0 Å². The lowest BCUT2D eigenvalue weighted by Crippen LogP contribution is -2.39. The van der Waals surface area contributed by atoms with Gasteiger partial charge < -0.3 is 11.1 Å². The van der Waals surface area contributed by atoms with Crippen LogP contribution in [0, 0.1) is 17.3 Å². The number of nitrogens with two attached hydrogens (primary N) is 1. The summed E-state index contributed by atoms with van der Waals surface area (Å²) in [5.41, 5.74) is 6.40. The van der Waals surface area contributed by atoms with Crippen LogP contribution in [-0.4, -0.2) is 18.5 Å². The first-order valence-corrected chi connectivity index (χ1v) is 7.23. The predicted molar refractivity (Wildman–Crippen MR) is 67.3 cm³/mol. The van der Waals surface area contributed by atoms with Crippen LogP contribution in [-0.2, 0) is 4.79 Å². The molecule has 0 bridgehead atoms. The SMILES string of the molecule is NC1CCC(C(=O)NCC2(C3CC3)CC2)CC1. The second-order valence-electron chi connectivity index (χ2n) is 6.47. The number of hydrogen-bond acceptors (Lipinski definition) is 2. The fourth-order valence-corrected chi connectivity index (χ4v) is 3.37. The highest BCUT2D eigenvalue weighted by atomic mass is 16.1. The summed E-state index contributed by atoms with van der Waals surface area (Å²) in [6, 6.07) is 0.334. The minimum absolute atomic E-state index is 0.241. The molecular weight excluding hydrogens is 212 g/mol. The zero-order valence-electron chi connectivity index (χ0n) is 10.6. The Labute approximate surface area is 104 Å². The van der Waals surface area contributed by atoms with Crippen molar-refractivity contribution in [2.24, 2.45) is 23.0 Å². The van der Waals surface area contributed by atoms with E-state index in [4.69, 9.17) is 5.73 Å². The maximum Gasteiger partial charge on any atom is 0.223 e. The average molecular weight is 236 g/mol. The Kier molecular flexibility index (Phi) is 2.89. The molecule has 3 N–H and O–H groups in total. The van der Waals surface area contributed by atoms with Crippen molar-refractivity contribution in [3.63, 3.8) is 0 Å². The van der Waals surface area contributed by atoms with E-state index in [-0.39, 0.29) is 5.92 Å². The van der Waals surface area contributed by atoms with E-state index in [1.807, 2.05) is 0 Å². The third-order valence-corrected chi connectivity index (χ3v) is 5.09. The van der Waals surface area contributed by atoms with Crippen LogP contribution in [0.25, 0.3) is 0 Å². The van der Waals surface area contributed by atoms with Crippen LogP contribution >= 0.6 is 0 Å². The number of rotatable bonds is 4. The van der Waals surface area contributed by atoms with E-state index in [0.717, 1.165) is 38.1 Å². The van der Waals surface area contributed by atoms with Gasteiger partial charge >= 0.3 is 0 Å². The standard InChI is InChI=1S/C14H24N2O/c15-12-5-1-10(2-6-12)13(17)16-9-14(7-8-14)11-3-4-11/h10-12H,1-9,15H2,(H,16,17). The molecule has 0 aliphatic heterocycles. The zero-order valence-corrected chi connectivity index (χ0v) is 10.6. The average Bonchev–Trinajstić information content (AvgIpc) is 3.17. The molecule has 0 atom stereocenters. The smallest absolute Gasteiger partial charge is 0.223 e. The van der Waals surface area contributed by atoms with E-state index in [9.17, 15) is 4.79 Å². The molecule has 0 aromatic carbocycles. The topological polar surface area (TPSA) is 55.1 Å². The normalized spacial score (nSPS) is 35.4. The van der Waals surface area contributed by atoms with Crippen LogP contribution in [0.15, 0.2) is 0 Å². The number of nitrogens with one attached hydrogen (secondary N) is 1. The van der Waals surface area contributed by atoms with E-state index < -0.39 is 0 Å². The Morgan fingerprint density at radius 1 is 1.12 bits per heavy atom. The van der Waals surface area contributed by atoms with Crippen molar-refractivity contribution in [2.75, 3.05) is 6.54 Å². The summed E-state index contributed by atoms with van der Waals surface area (Å²) >= 11 is 0. The Hall–Kier alpha value is -0.570. The van der Waals surface area contributed by atoms with E-state index >= 15 is 0 Å². The minimum Gasteiger partial charge on any atom is -0.355 e. The van der Waals surface area contributed by atoms with Gasteiger partial charge in [-0.3, -0.25) is 4.79 Å². The molecule has 0 spiro atoms. The third kappa shape index (κ3) is 2.49. The molecule has 0 aromatic heterocycles. The molecule has 1 amide bonds. The molecular formula is C14H24N2O. The summed E-state index contributed by atoms with van der Waals surface area (Å²) in [6.45, 7) is 0.944. The van der Waals surface area contributed by atoms with Crippen molar-refractivity contribution < 1.29 is 4.79 Å². The summed E-state index contributed by atoms with van der Waals surface area (Å²) in [4.78, 5) is 12.1. The lowest BCUT2D eigenvalue weighted by molar-refractivity contribution is -0.126. The van der Waals surface area contributed by atoms with E-state index in [2.05, 4.69) is 5.32 Å². The molecule has 3 aliphatic rings. The molecule has 0 unspecified atom stereocenters. The molecule has 3 fully saturated rings. The highest BCUT2D eigenvalue weighted by Crippen LogP contribution is 2.60. The highest BCUT2D eigenvalue weighted by molar-refractivity contribution is 5.78. The maximum atomic E-state index is 12.1. The Morgan fingerprint density at radius 2 is 1.76 bits per heavy atom. The first-order chi connectivity index (χ1) is 8.20. The molecule has 0 saturated heterocycles. The molecule has 3 rings (SSSR count). The summed E-state index contributed by atoms with van der Waals surface area (Å²) < 4.78 is 0. The maximum absolute atomic E-state index is 12.1. The second-order valence-corrected chi connectivity index (χ2v) is 6.47. The minimum atomic E-state index is 0.241. The number of carbonyl (C=O) groups is 1. The highest BCUT2D eigenvalue weighted by Gasteiger charge is 2.53. The van der Waals surface area contributed by atoms with Crippen molar-refractivity contribution in [1.82, 2.24) is 5.32 Å². The van der Waals surface area contributed by atoms with Gasteiger partial charge in [0.2, 0.25) is 5.91 Å². The Balaban J connectivity index is 1.44. The number of carbonyl (C=O) groups excluding carboxylic acids is 1. The van der Waals surface area contributed by atoms with Crippen molar-refractivity contribution in [2.45, 2.75) is 57.4 Å². The summed E-state index contributed by atoms with van der Waals surface area (Å²) in [7, 11) is 0. The van der Waals surface area contributed by atoms with Crippen LogP contribution in [0.2, 0.25) is 0 Å². The molecule has 3 nitrogen and oxygen atoms in total. The van der Waals surface area contributed by atoms with Crippen LogP contribution in [0.5, 0.6) is 0 Å². The van der Waals surface area contributed by atoms with Crippen molar-refractivity contribution in [1.29, 1.82) is 0 Å². The van der Waals surface area contributed by atoms with Crippen LogP contribution in [0.1, 0.15) is 51.4 Å². The Bertz CT molecular complexity index is 299.